The molecule has 0 spiro atoms. The maximum Gasteiger partial charge on any atom is 0.277 e. The van der Waals surface area contributed by atoms with Crippen LogP contribution in [0.3, 0.4) is 0 Å². The Labute approximate surface area is 79.7 Å². The number of hydrogen-bond acceptors (Lipinski definition) is 3. The number of nitrogens with one attached hydrogen (secondary N) is 2. The van der Waals surface area contributed by atoms with Crippen LogP contribution in [0.2, 0.25) is 0 Å². The highest BCUT2D eigenvalue weighted by molar-refractivity contribution is 7.87. The fourth-order valence-corrected chi connectivity index (χ4v) is 2.20. The molecular formula is C7H18N2O3S. The lowest BCUT2D eigenvalue weighted by Crippen LogP contribution is -2.49. The third-order valence-corrected chi connectivity index (χ3v) is 2.66. The quantitative estimate of drug-likeness (QED) is 0.590. The Morgan fingerprint density at radius 1 is 1.38 bits per heavy atom. The third kappa shape index (κ3) is 6.94. The molecule has 80 valence electrons. The fraction of sp³-hybridized carbons (Fsp3) is 1.00. The molecule has 0 aliphatic rings. The second kappa shape index (κ2) is 4.36. The van der Waals surface area contributed by atoms with Crippen LogP contribution in [0.4, 0.5) is 0 Å². The van der Waals surface area contributed by atoms with Crippen LogP contribution in [0.5, 0.6) is 0 Å². The summed E-state index contributed by atoms with van der Waals surface area (Å²) in [6.45, 7) is 6.61. The van der Waals surface area contributed by atoms with Crippen molar-refractivity contribution in [3.8, 4) is 0 Å². The maximum atomic E-state index is 11.3. The Morgan fingerprint density at radius 3 is 2.15 bits per heavy atom. The second-order valence-electron chi connectivity index (χ2n) is 4.06. The van der Waals surface area contributed by atoms with E-state index in [0.29, 0.717) is 0 Å². The van der Waals surface area contributed by atoms with E-state index < -0.39 is 21.8 Å². The molecule has 0 fully saturated rings. The van der Waals surface area contributed by atoms with E-state index in [0.717, 1.165) is 0 Å². The van der Waals surface area contributed by atoms with Crippen LogP contribution in [0, 0.1) is 0 Å². The average molecular weight is 210 g/mol. The molecule has 0 amide bonds. The minimum Gasteiger partial charge on any atom is -0.395 e. The number of aliphatic hydroxyl groups is 1. The van der Waals surface area contributed by atoms with E-state index in [1.807, 2.05) is 0 Å². The molecule has 0 aromatic rings. The van der Waals surface area contributed by atoms with Crippen LogP contribution in [0.25, 0.3) is 0 Å². The molecule has 0 saturated carbocycles. The summed E-state index contributed by atoms with van der Waals surface area (Å²) >= 11 is 0. The summed E-state index contributed by atoms with van der Waals surface area (Å²) in [7, 11) is -3.51. The molecule has 0 aromatic carbocycles. The lowest BCUT2D eigenvalue weighted by Gasteiger charge is -2.22. The van der Waals surface area contributed by atoms with Gasteiger partial charge in [-0.3, -0.25) is 0 Å². The van der Waals surface area contributed by atoms with Gasteiger partial charge in [0.1, 0.15) is 0 Å². The molecule has 1 atom stereocenters. The van der Waals surface area contributed by atoms with Crippen molar-refractivity contribution in [1.82, 2.24) is 9.44 Å². The van der Waals surface area contributed by atoms with Gasteiger partial charge in [-0.25, -0.2) is 0 Å². The minimum atomic E-state index is -3.51. The standard InChI is InChI=1S/C7H18N2O3S/c1-6(5-10)8-13(11,12)9-7(2,3)4/h6,8-10H,5H2,1-4H3/t6-/m1/s1. The first kappa shape index (κ1) is 12.8. The van der Waals surface area contributed by atoms with Crippen LogP contribution in [-0.2, 0) is 10.2 Å². The van der Waals surface area contributed by atoms with Crippen LogP contribution < -0.4 is 9.44 Å². The van der Waals surface area contributed by atoms with Gasteiger partial charge in [-0.15, -0.1) is 0 Å². The van der Waals surface area contributed by atoms with Crippen molar-refractivity contribution in [2.45, 2.75) is 39.3 Å². The highest BCUT2D eigenvalue weighted by Gasteiger charge is 2.20. The Morgan fingerprint density at radius 2 is 1.85 bits per heavy atom. The van der Waals surface area contributed by atoms with Gasteiger partial charge < -0.3 is 5.11 Å². The lowest BCUT2D eigenvalue weighted by atomic mass is 10.1. The molecule has 0 rings (SSSR count). The Kier molecular flexibility index (Phi) is 4.31. The van der Waals surface area contributed by atoms with Gasteiger partial charge in [0.15, 0.2) is 0 Å². The summed E-state index contributed by atoms with van der Waals surface area (Å²) < 4.78 is 27.2. The molecule has 0 aliphatic carbocycles. The summed E-state index contributed by atoms with van der Waals surface area (Å²) in [5.41, 5.74) is -0.513. The normalized spacial score (nSPS) is 15.8. The first-order valence-electron chi connectivity index (χ1n) is 4.08. The molecule has 0 radical (unpaired) electrons. The number of aliphatic hydroxyl groups excluding tert-OH is 1. The van der Waals surface area contributed by atoms with E-state index in [1.165, 1.54) is 0 Å². The monoisotopic (exact) mass is 210 g/mol. The lowest BCUT2D eigenvalue weighted by molar-refractivity contribution is 0.264. The topological polar surface area (TPSA) is 78.4 Å². The second-order valence-corrected chi connectivity index (χ2v) is 5.50. The molecule has 3 N–H and O–H groups in total. The molecule has 0 heterocycles. The fourth-order valence-electron chi connectivity index (χ4n) is 0.735. The minimum absolute atomic E-state index is 0.217. The first-order valence-corrected chi connectivity index (χ1v) is 5.57. The maximum absolute atomic E-state index is 11.3. The van der Waals surface area contributed by atoms with Gasteiger partial charge in [-0.1, -0.05) is 0 Å². The predicted molar refractivity (Wildman–Crippen MR) is 51.5 cm³/mol. The van der Waals surface area contributed by atoms with Crippen LogP contribution in [0.15, 0.2) is 0 Å². The molecule has 5 nitrogen and oxygen atoms in total. The molecule has 6 heteroatoms. The van der Waals surface area contributed by atoms with E-state index >= 15 is 0 Å². The molecule has 0 unspecified atom stereocenters. The highest BCUT2D eigenvalue weighted by Crippen LogP contribution is 2.00. The smallest absolute Gasteiger partial charge is 0.277 e. The molecule has 0 saturated heterocycles. The van der Waals surface area contributed by atoms with Crippen molar-refractivity contribution in [1.29, 1.82) is 0 Å². The van der Waals surface area contributed by atoms with E-state index in [4.69, 9.17) is 5.11 Å². The van der Waals surface area contributed by atoms with Crippen molar-refractivity contribution < 1.29 is 13.5 Å². The summed E-state index contributed by atoms with van der Waals surface area (Å²) in [6.07, 6.45) is 0. The van der Waals surface area contributed by atoms with Gasteiger partial charge in [-0.05, 0) is 27.7 Å². The van der Waals surface area contributed by atoms with Gasteiger partial charge in [0.25, 0.3) is 10.2 Å². The summed E-state index contributed by atoms with van der Waals surface area (Å²) in [6, 6.07) is -0.472. The van der Waals surface area contributed by atoms with Gasteiger partial charge in [0.2, 0.25) is 0 Å². The Balaban J connectivity index is 4.27. The van der Waals surface area contributed by atoms with Gasteiger partial charge >= 0.3 is 0 Å². The molecule has 0 aliphatic heterocycles. The van der Waals surface area contributed by atoms with Crippen molar-refractivity contribution in [3.63, 3.8) is 0 Å². The first-order chi connectivity index (χ1) is 5.66. The zero-order valence-electron chi connectivity index (χ0n) is 8.46. The largest absolute Gasteiger partial charge is 0.395 e. The van der Waals surface area contributed by atoms with Crippen LogP contribution >= 0.6 is 0 Å². The van der Waals surface area contributed by atoms with Crippen molar-refractivity contribution >= 4 is 10.2 Å². The highest BCUT2D eigenvalue weighted by atomic mass is 32.2. The number of rotatable bonds is 4. The van der Waals surface area contributed by atoms with E-state index in [-0.39, 0.29) is 6.61 Å². The Bertz CT molecular complexity index is 243. The van der Waals surface area contributed by atoms with E-state index in [2.05, 4.69) is 9.44 Å². The van der Waals surface area contributed by atoms with Gasteiger partial charge in [0, 0.05) is 11.6 Å². The van der Waals surface area contributed by atoms with Crippen molar-refractivity contribution in [3.05, 3.63) is 0 Å². The SMILES string of the molecule is C[C@H](CO)NS(=O)(=O)NC(C)(C)C. The molecular weight excluding hydrogens is 192 g/mol. The van der Waals surface area contributed by atoms with Gasteiger partial charge in [-0.2, -0.15) is 17.9 Å². The van der Waals surface area contributed by atoms with Crippen LogP contribution in [0.1, 0.15) is 27.7 Å². The van der Waals surface area contributed by atoms with Crippen LogP contribution in [-0.4, -0.2) is 31.7 Å². The van der Waals surface area contributed by atoms with E-state index in [1.54, 1.807) is 27.7 Å². The average Bonchev–Trinajstić information content (AvgIpc) is 1.80. The molecule has 0 bridgehead atoms. The molecule has 13 heavy (non-hydrogen) atoms. The van der Waals surface area contributed by atoms with Crippen molar-refractivity contribution in [2.24, 2.45) is 0 Å². The third-order valence-electron chi connectivity index (χ3n) is 1.07. The van der Waals surface area contributed by atoms with Crippen molar-refractivity contribution in [2.75, 3.05) is 6.61 Å². The Hall–Kier alpha value is -0.170. The zero-order valence-corrected chi connectivity index (χ0v) is 9.27. The zero-order chi connectivity index (χ0) is 10.7. The number of hydrogen-bond donors (Lipinski definition) is 3. The summed E-state index contributed by atoms with van der Waals surface area (Å²) in [4.78, 5) is 0. The van der Waals surface area contributed by atoms with Gasteiger partial charge in [0.05, 0.1) is 6.61 Å². The predicted octanol–water partition coefficient (Wildman–Crippen LogP) is -0.410. The summed E-state index contributed by atoms with van der Waals surface area (Å²) in [5, 5.41) is 8.64. The summed E-state index contributed by atoms with van der Waals surface area (Å²) in [5.74, 6) is 0. The van der Waals surface area contributed by atoms with E-state index in [9.17, 15) is 8.42 Å². The molecule has 0 aromatic heterocycles.